The van der Waals surface area contributed by atoms with E-state index in [0.717, 1.165) is 0 Å². The van der Waals surface area contributed by atoms with Crippen molar-refractivity contribution < 1.29 is 29.0 Å². The summed E-state index contributed by atoms with van der Waals surface area (Å²) >= 11 is 0. The first-order valence-electron chi connectivity index (χ1n) is 8.86. The van der Waals surface area contributed by atoms with Crippen LogP contribution < -0.4 is 10.7 Å². The minimum absolute atomic E-state index is 0.107. The van der Waals surface area contributed by atoms with Crippen LogP contribution in [-0.2, 0) is 19.9 Å². The summed E-state index contributed by atoms with van der Waals surface area (Å²) in [6.07, 6.45) is 0.274. The molecule has 9 nitrogen and oxygen atoms in total. The van der Waals surface area contributed by atoms with E-state index in [-0.39, 0.29) is 17.7 Å². The molecular weight excluding hydrogens is 378 g/mol. The van der Waals surface area contributed by atoms with Crippen molar-refractivity contribution in [2.45, 2.75) is 18.9 Å². The van der Waals surface area contributed by atoms with E-state index in [1.54, 1.807) is 37.3 Å². The molecule has 0 saturated carbocycles. The highest BCUT2D eigenvalue weighted by atomic mass is 16.5. The van der Waals surface area contributed by atoms with Gasteiger partial charge in [-0.05, 0) is 24.1 Å². The average Bonchev–Trinajstić information content (AvgIpc) is 2.98. The van der Waals surface area contributed by atoms with Crippen LogP contribution >= 0.6 is 0 Å². The van der Waals surface area contributed by atoms with Crippen LogP contribution in [0.3, 0.4) is 0 Å². The number of urea groups is 1. The number of nitrogens with zero attached hydrogens (tertiary/aromatic N) is 1. The molecule has 4 amide bonds. The second-order valence-electron chi connectivity index (χ2n) is 6.32. The summed E-state index contributed by atoms with van der Waals surface area (Å²) in [6.45, 7) is 0.999. The number of amides is 4. The van der Waals surface area contributed by atoms with Gasteiger partial charge in [0, 0.05) is 0 Å². The fraction of sp³-hybridized carbons (Fsp3) is 0.200. The van der Waals surface area contributed by atoms with Gasteiger partial charge in [0.05, 0.1) is 0 Å². The van der Waals surface area contributed by atoms with Crippen LogP contribution in [0.5, 0.6) is 5.75 Å². The Balaban J connectivity index is 1.66. The molecule has 2 aromatic rings. The first-order valence-corrected chi connectivity index (χ1v) is 8.86. The fourth-order valence-electron chi connectivity index (χ4n) is 3.05. The van der Waals surface area contributed by atoms with Crippen molar-refractivity contribution in [3.63, 3.8) is 0 Å². The van der Waals surface area contributed by atoms with Crippen molar-refractivity contribution in [2.75, 3.05) is 6.61 Å². The van der Waals surface area contributed by atoms with Crippen LogP contribution in [0.4, 0.5) is 4.79 Å². The summed E-state index contributed by atoms with van der Waals surface area (Å²) in [5, 5.41) is 12.8. The molecule has 3 N–H and O–H groups in total. The zero-order valence-electron chi connectivity index (χ0n) is 15.5. The lowest BCUT2D eigenvalue weighted by Crippen LogP contribution is -2.49. The third-order valence-corrected chi connectivity index (χ3v) is 4.58. The van der Waals surface area contributed by atoms with Gasteiger partial charge in [0.1, 0.15) is 16.9 Å². The molecule has 1 atom stereocenters. The molecule has 1 aliphatic rings. The van der Waals surface area contributed by atoms with Gasteiger partial charge < -0.3 is 15.2 Å². The first-order chi connectivity index (χ1) is 13.9. The summed E-state index contributed by atoms with van der Waals surface area (Å²) in [5.74, 6) is -2.72. The van der Waals surface area contributed by atoms with Crippen molar-refractivity contribution in [2.24, 2.45) is 0 Å². The summed E-state index contributed by atoms with van der Waals surface area (Å²) in [6, 6.07) is 13.6. The molecule has 0 aromatic heterocycles. The molecule has 1 saturated heterocycles. The first kappa shape index (κ1) is 19.9. The zero-order chi connectivity index (χ0) is 21.0. The van der Waals surface area contributed by atoms with Gasteiger partial charge in [-0.1, -0.05) is 49.4 Å². The largest absolute Gasteiger partial charge is 0.507 e. The third kappa shape index (κ3) is 3.75. The number of phenols is 1. The normalized spacial score (nSPS) is 18.3. The Morgan fingerprint density at radius 3 is 2.41 bits per heavy atom. The van der Waals surface area contributed by atoms with Crippen molar-refractivity contribution >= 4 is 23.8 Å². The molecular formula is C20H19N3O6. The van der Waals surface area contributed by atoms with Gasteiger partial charge >= 0.3 is 12.0 Å². The molecule has 150 valence electrons. The van der Waals surface area contributed by atoms with E-state index in [4.69, 9.17) is 4.74 Å². The van der Waals surface area contributed by atoms with E-state index in [2.05, 4.69) is 10.7 Å². The van der Waals surface area contributed by atoms with E-state index in [9.17, 15) is 24.3 Å². The molecule has 0 unspecified atom stereocenters. The number of imide groups is 1. The fourth-order valence-corrected chi connectivity index (χ4v) is 3.05. The quantitative estimate of drug-likeness (QED) is 0.500. The Hall–Kier alpha value is -3.88. The van der Waals surface area contributed by atoms with Crippen LogP contribution in [0.1, 0.15) is 29.3 Å². The number of carbonyl (C=O) groups excluding carboxylic acids is 4. The van der Waals surface area contributed by atoms with E-state index in [1.807, 2.05) is 0 Å². The topological polar surface area (TPSA) is 125 Å². The van der Waals surface area contributed by atoms with E-state index >= 15 is 0 Å². The molecule has 0 spiro atoms. The number of phenolic OH excluding ortho intramolecular Hbond substituents is 1. The lowest BCUT2D eigenvalue weighted by atomic mass is 9.87. The highest BCUT2D eigenvalue weighted by Crippen LogP contribution is 2.31. The van der Waals surface area contributed by atoms with Crippen LogP contribution in [0, 0.1) is 0 Å². The number of hydrogen-bond donors (Lipinski definition) is 3. The minimum atomic E-state index is -1.29. The predicted molar refractivity (Wildman–Crippen MR) is 100 cm³/mol. The van der Waals surface area contributed by atoms with Crippen molar-refractivity contribution in [3.8, 4) is 5.75 Å². The number of benzene rings is 2. The smallest absolute Gasteiger partial charge is 0.344 e. The Kier molecular flexibility index (Phi) is 5.49. The standard InChI is InChI=1S/C20H19N3O6/c1-2-20(13-8-4-3-5-9-13)18(27)23(19(28)21-20)22-16(25)12-29-17(26)14-10-6-7-11-15(14)24/h3-11,24H,2,12H2,1H3,(H,21,28)(H,22,25)/t20-/m1/s1. The zero-order valence-corrected chi connectivity index (χ0v) is 15.5. The molecule has 0 radical (unpaired) electrons. The molecule has 3 rings (SSSR count). The predicted octanol–water partition coefficient (Wildman–Crippen LogP) is 1.44. The average molecular weight is 397 g/mol. The monoisotopic (exact) mass is 397 g/mol. The molecule has 2 aromatic carbocycles. The van der Waals surface area contributed by atoms with Gasteiger partial charge in [-0.15, -0.1) is 0 Å². The summed E-state index contributed by atoms with van der Waals surface area (Å²) in [4.78, 5) is 49.3. The third-order valence-electron chi connectivity index (χ3n) is 4.58. The van der Waals surface area contributed by atoms with Crippen LogP contribution in [0.15, 0.2) is 54.6 Å². The van der Waals surface area contributed by atoms with Crippen LogP contribution in [0.25, 0.3) is 0 Å². The molecule has 9 heteroatoms. The molecule has 1 aliphatic heterocycles. The number of carbonyl (C=O) groups is 4. The van der Waals surface area contributed by atoms with Gasteiger partial charge in [-0.25, -0.2) is 9.59 Å². The SMILES string of the molecule is CC[C@]1(c2ccccc2)NC(=O)N(NC(=O)COC(=O)c2ccccc2O)C1=O. The number of aromatic hydroxyl groups is 1. The number of hydrogen-bond acceptors (Lipinski definition) is 6. The van der Waals surface area contributed by atoms with E-state index in [0.29, 0.717) is 10.6 Å². The van der Waals surface area contributed by atoms with E-state index < -0.39 is 36.0 Å². The maximum absolute atomic E-state index is 12.9. The highest BCUT2D eigenvalue weighted by Gasteiger charge is 2.52. The number of para-hydroxylation sites is 1. The summed E-state index contributed by atoms with van der Waals surface area (Å²) in [5.41, 5.74) is 1.34. The number of rotatable bonds is 6. The van der Waals surface area contributed by atoms with Gasteiger partial charge in [-0.2, -0.15) is 5.01 Å². The Bertz CT molecular complexity index is 962. The molecule has 1 fully saturated rings. The molecule has 0 bridgehead atoms. The van der Waals surface area contributed by atoms with E-state index in [1.165, 1.54) is 24.3 Å². The maximum Gasteiger partial charge on any atom is 0.344 e. The maximum atomic E-state index is 12.9. The number of hydrazine groups is 1. The van der Waals surface area contributed by atoms with Crippen molar-refractivity contribution in [3.05, 3.63) is 65.7 Å². The summed E-state index contributed by atoms with van der Waals surface area (Å²) < 4.78 is 4.83. The number of ether oxygens (including phenoxy) is 1. The van der Waals surface area contributed by atoms with Gasteiger partial charge in [0.2, 0.25) is 0 Å². The molecule has 0 aliphatic carbocycles. The van der Waals surface area contributed by atoms with Gasteiger partial charge in [0.25, 0.3) is 11.8 Å². The Morgan fingerprint density at radius 1 is 1.10 bits per heavy atom. The van der Waals surface area contributed by atoms with Crippen molar-refractivity contribution in [1.29, 1.82) is 0 Å². The van der Waals surface area contributed by atoms with Gasteiger partial charge in [0.15, 0.2) is 6.61 Å². The molecule has 29 heavy (non-hydrogen) atoms. The Morgan fingerprint density at radius 2 is 1.76 bits per heavy atom. The molecule has 1 heterocycles. The summed E-state index contributed by atoms with van der Waals surface area (Å²) in [7, 11) is 0. The van der Waals surface area contributed by atoms with Gasteiger partial charge in [-0.3, -0.25) is 15.0 Å². The lowest BCUT2D eigenvalue weighted by molar-refractivity contribution is -0.140. The van der Waals surface area contributed by atoms with Crippen molar-refractivity contribution in [1.82, 2.24) is 15.8 Å². The number of nitrogens with one attached hydrogen (secondary N) is 2. The minimum Gasteiger partial charge on any atom is -0.507 e. The lowest BCUT2D eigenvalue weighted by Gasteiger charge is -2.25. The highest BCUT2D eigenvalue weighted by molar-refractivity contribution is 6.08. The number of esters is 1. The second kappa shape index (κ2) is 8.01. The van der Waals surface area contributed by atoms with Crippen LogP contribution in [0.2, 0.25) is 0 Å². The Labute approximate surface area is 166 Å². The second-order valence-corrected chi connectivity index (χ2v) is 6.32. The van der Waals surface area contributed by atoms with Crippen LogP contribution in [-0.4, -0.2) is 40.5 Å².